The van der Waals surface area contributed by atoms with Gasteiger partial charge < -0.3 is 5.32 Å². The third-order valence-corrected chi connectivity index (χ3v) is 2.71. The highest BCUT2D eigenvalue weighted by molar-refractivity contribution is 7.14. The van der Waals surface area contributed by atoms with Crippen molar-refractivity contribution in [2.45, 2.75) is 6.42 Å². The number of nitriles is 1. The first-order valence-corrected chi connectivity index (χ1v) is 5.70. The summed E-state index contributed by atoms with van der Waals surface area (Å²) >= 11 is 1.32. The Morgan fingerprint density at radius 3 is 3.18 bits per heavy atom. The van der Waals surface area contributed by atoms with Crippen molar-refractivity contribution in [2.75, 3.05) is 5.32 Å². The molecule has 5 nitrogen and oxygen atoms in total. The van der Waals surface area contributed by atoms with Crippen molar-refractivity contribution in [3.63, 3.8) is 0 Å². The molecule has 0 aliphatic heterocycles. The molecule has 0 atom stereocenters. The van der Waals surface area contributed by atoms with Gasteiger partial charge in [-0.3, -0.25) is 9.78 Å². The van der Waals surface area contributed by atoms with Crippen LogP contribution < -0.4 is 5.32 Å². The lowest BCUT2D eigenvalue weighted by Crippen LogP contribution is -2.09. The molecule has 0 aliphatic carbocycles. The summed E-state index contributed by atoms with van der Waals surface area (Å²) in [4.78, 5) is 19.4. The maximum absolute atomic E-state index is 11.2. The lowest BCUT2D eigenvalue weighted by molar-refractivity contribution is -0.115. The minimum atomic E-state index is -0.348. The van der Waals surface area contributed by atoms with Gasteiger partial charge in [0.15, 0.2) is 5.13 Å². The molecule has 17 heavy (non-hydrogen) atoms. The number of anilines is 1. The van der Waals surface area contributed by atoms with Gasteiger partial charge in [-0.1, -0.05) is 0 Å². The molecule has 0 spiro atoms. The molecule has 1 N–H and O–H groups in total. The average molecular weight is 244 g/mol. The number of carbonyl (C=O) groups is 1. The number of carbonyl (C=O) groups excluding carboxylic acids is 1. The summed E-state index contributed by atoms with van der Waals surface area (Å²) in [6.45, 7) is 0. The van der Waals surface area contributed by atoms with E-state index >= 15 is 0 Å². The summed E-state index contributed by atoms with van der Waals surface area (Å²) in [5.41, 5.74) is 1.65. The third-order valence-electron chi connectivity index (χ3n) is 1.95. The van der Waals surface area contributed by atoms with Crippen molar-refractivity contribution in [1.82, 2.24) is 9.97 Å². The third kappa shape index (κ3) is 2.86. The SMILES string of the molecule is N#CCC(=O)Nc1nc(-c2cccnc2)cs1. The van der Waals surface area contributed by atoms with Crippen LogP contribution in [0.4, 0.5) is 5.13 Å². The molecule has 0 saturated carbocycles. The molecule has 0 fully saturated rings. The van der Waals surface area contributed by atoms with Gasteiger partial charge in [-0.15, -0.1) is 11.3 Å². The van der Waals surface area contributed by atoms with E-state index in [0.717, 1.165) is 11.3 Å². The van der Waals surface area contributed by atoms with Crippen LogP contribution in [0, 0.1) is 11.3 Å². The average Bonchev–Trinajstić information content (AvgIpc) is 2.79. The predicted octanol–water partition coefficient (Wildman–Crippen LogP) is 2.06. The first kappa shape index (κ1) is 11.2. The van der Waals surface area contributed by atoms with Gasteiger partial charge in [0.25, 0.3) is 0 Å². The number of hydrogen-bond donors (Lipinski definition) is 1. The maximum Gasteiger partial charge on any atom is 0.240 e. The zero-order valence-electron chi connectivity index (χ0n) is 8.75. The number of amides is 1. The number of hydrogen-bond acceptors (Lipinski definition) is 5. The fourth-order valence-electron chi connectivity index (χ4n) is 1.21. The fourth-order valence-corrected chi connectivity index (χ4v) is 1.95. The van der Waals surface area contributed by atoms with E-state index in [1.165, 1.54) is 11.3 Å². The second-order valence-electron chi connectivity index (χ2n) is 3.16. The van der Waals surface area contributed by atoms with E-state index < -0.39 is 0 Å². The molecule has 0 saturated heterocycles. The Morgan fingerprint density at radius 2 is 2.47 bits per heavy atom. The second kappa shape index (κ2) is 5.18. The van der Waals surface area contributed by atoms with Gasteiger partial charge >= 0.3 is 0 Å². The lowest BCUT2D eigenvalue weighted by atomic mass is 10.2. The molecule has 2 aromatic heterocycles. The smallest absolute Gasteiger partial charge is 0.240 e. The van der Waals surface area contributed by atoms with Crippen LogP contribution in [0.15, 0.2) is 29.9 Å². The van der Waals surface area contributed by atoms with Gasteiger partial charge in [-0.25, -0.2) is 4.98 Å². The number of nitrogens with zero attached hydrogens (tertiary/aromatic N) is 3. The summed E-state index contributed by atoms with van der Waals surface area (Å²) in [6, 6.07) is 5.49. The Balaban J connectivity index is 2.12. The zero-order valence-corrected chi connectivity index (χ0v) is 9.57. The highest BCUT2D eigenvalue weighted by Gasteiger charge is 2.07. The van der Waals surface area contributed by atoms with Crippen molar-refractivity contribution in [2.24, 2.45) is 0 Å². The second-order valence-corrected chi connectivity index (χ2v) is 4.02. The minimum Gasteiger partial charge on any atom is -0.301 e. The molecule has 0 aromatic carbocycles. The van der Waals surface area contributed by atoms with Crippen LogP contribution in [-0.4, -0.2) is 15.9 Å². The van der Waals surface area contributed by atoms with Crippen molar-refractivity contribution in [3.05, 3.63) is 29.9 Å². The summed E-state index contributed by atoms with van der Waals surface area (Å²) in [5.74, 6) is -0.348. The van der Waals surface area contributed by atoms with E-state index in [2.05, 4.69) is 15.3 Å². The number of pyridine rings is 1. The number of nitrogens with one attached hydrogen (secondary N) is 1. The van der Waals surface area contributed by atoms with E-state index in [0.29, 0.717) is 5.13 Å². The molecule has 2 heterocycles. The summed E-state index contributed by atoms with van der Waals surface area (Å²) < 4.78 is 0. The van der Waals surface area contributed by atoms with E-state index in [1.807, 2.05) is 17.5 Å². The molecule has 2 aromatic rings. The van der Waals surface area contributed by atoms with Crippen LogP contribution in [-0.2, 0) is 4.79 Å². The highest BCUT2D eigenvalue weighted by atomic mass is 32.1. The lowest BCUT2D eigenvalue weighted by Gasteiger charge is -1.96. The monoisotopic (exact) mass is 244 g/mol. The van der Waals surface area contributed by atoms with Crippen molar-refractivity contribution < 1.29 is 4.79 Å². The molecular weight excluding hydrogens is 236 g/mol. The zero-order chi connectivity index (χ0) is 12.1. The van der Waals surface area contributed by atoms with E-state index in [1.54, 1.807) is 18.5 Å². The Bertz CT molecular complexity index is 558. The molecule has 6 heteroatoms. The first-order chi connectivity index (χ1) is 8.29. The van der Waals surface area contributed by atoms with Crippen molar-refractivity contribution >= 4 is 22.4 Å². The largest absolute Gasteiger partial charge is 0.301 e. The molecule has 84 valence electrons. The van der Waals surface area contributed by atoms with Gasteiger partial charge in [0, 0.05) is 23.3 Å². The van der Waals surface area contributed by atoms with Gasteiger partial charge in [0.05, 0.1) is 11.8 Å². The van der Waals surface area contributed by atoms with Crippen LogP contribution >= 0.6 is 11.3 Å². The molecule has 1 amide bonds. The molecule has 2 rings (SSSR count). The maximum atomic E-state index is 11.2. The van der Waals surface area contributed by atoms with E-state index in [4.69, 9.17) is 5.26 Å². The molecular formula is C11H8N4OS. The Hall–Kier alpha value is -2.26. The van der Waals surface area contributed by atoms with Crippen LogP contribution in [0.1, 0.15) is 6.42 Å². The molecule has 0 aliphatic rings. The summed E-state index contributed by atoms with van der Waals surface area (Å²) in [5, 5.41) is 13.2. The highest BCUT2D eigenvalue weighted by Crippen LogP contribution is 2.23. The van der Waals surface area contributed by atoms with Crippen LogP contribution in [0.5, 0.6) is 0 Å². The topological polar surface area (TPSA) is 78.7 Å². The Morgan fingerprint density at radius 1 is 1.59 bits per heavy atom. The van der Waals surface area contributed by atoms with E-state index in [-0.39, 0.29) is 12.3 Å². The first-order valence-electron chi connectivity index (χ1n) is 4.82. The van der Waals surface area contributed by atoms with Gasteiger partial charge in [-0.2, -0.15) is 5.26 Å². The fraction of sp³-hybridized carbons (Fsp3) is 0.0909. The number of rotatable bonds is 3. The molecule has 0 unspecified atom stereocenters. The quantitative estimate of drug-likeness (QED) is 0.896. The molecule has 0 bridgehead atoms. The predicted molar refractivity (Wildman–Crippen MR) is 64.2 cm³/mol. The van der Waals surface area contributed by atoms with Crippen molar-refractivity contribution in [3.8, 4) is 17.3 Å². The number of aromatic nitrogens is 2. The van der Waals surface area contributed by atoms with Crippen LogP contribution in [0.25, 0.3) is 11.3 Å². The number of thiazole rings is 1. The minimum absolute atomic E-state index is 0.165. The van der Waals surface area contributed by atoms with Crippen LogP contribution in [0.2, 0.25) is 0 Å². The van der Waals surface area contributed by atoms with Crippen molar-refractivity contribution in [1.29, 1.82) is 5.26 Å². The van der Waals surface area contributed by atoms with Gasteiger partial charge in [0.1, 0.15) is 6.42 Å². The van der Waals surface area contributed by atoms with E-state index in [9.17, 15) is 4.79 Å². The van der Waals surface area contributed by atoms with Gasteiger partial charge in [-0.05, 0) is 12.1 Å². The van der Waals surface area contributed by atoms with Crippen LogP contribution in [0.3, 0.4) is 0 Å². The van der Waals surface area contributed by atoms with Gasteiger partial charge in [0.2, 0.25) is 5.91 Å². The normalized spacial score (nSPS) is 9.59. The standard InChI is InChI=1S/C11H8N4OS/c12-4-3-10(16)15-11-14-9(7-17-11)8-2-1-5-13-6-8/h1-2,5-7H,3H2,(H,14,15,16). The Kier molecular flexibility index (Phi) is 3.43. The summed E-state index contributed by atoms with van der Waals surface area (Å²) in [6.07, 6.45) is 3.23. The Labute approximate surface area is 102 Å². The summed E-state index contributed by atoms with van der Waals surface area (Å²) in [7, 11) is 0. The molecule has 0 radical (unpaired) electrons.